The molecule has 3 unspecified atom stereocenters. The fourth-order valence-corrected chi connectivity index (χ4v) is 2.92. The molecule has 19 heavy (non-hydrogen) atoms. The van der Waals surface area contributed by atoms with Crippen LogP contribution in [0.3, 0.4) is 0 Å². The minimum Gasteiger partial charge on any atom is -0.387 e. The summed E-state index contributed by atoms with van der Waals surface area (Å²) < 4.78 is 0. The SMILES string of the molecule is CNc1ccncc1C(=O)NC1CCC(C)CC1C. The predicted octanol–water partition coefficient (Wildman–Crippen LogP) is 2.68. The summed E-state index contributed by atoms with van der Waals surface area (Å²) in [5, 5.41) is 6.19. The van der Waals surface area contributed by atoms with E-state index in [4.69, 9.17) is 0 Å². The van der Waals surface area contributed by atoms with Crippen LogP contribution in [-0.2, 0) is 0 Å². The molecule has 3 atom stereocenters. The number of amides is 1. The highest BCUT2D eigenvalue weighted by Gasteiger charge is 2.27. The van der Waals surface area contributed by atoms with Gasteiger partial charge in [0.25, 0.3) is 5.91 Å². The normalized spacial score (nSPS) is 26.8. The van der Waals surface area contributed by atoms with Gasteiger partial charge in [-0.15, -0.1) is 0 Å². The van der Waals surface area contributed by atoms with Crippen molar-refractivity contribution < 1.29 is 4.79 Å². The first kappa shape index (κ1) is 13.8. The lowest BCUT2D eigenvalue weighted by Gasteiger charge is -2.33. The monoisotopic (exact) mass is 261 g/mol. The lowest BCUT2D eigenvalue weighted by atomic mass is 9.80. The number of nitrogens with zero attached hydrogens (tertiary/aromatic N) is 1. The quantitative estimate of drug-likeness (QED) is 0.879. The maximum atomic E-state index is 12.3. The maximum absolute atomic E-state index is 12.3. The van der Waals surface area contributed by atoms with Gasteiger partial charge in [-0.05, 0) is 37.2 Å². The van der Waals surface area contributed by atoms with Crippen LogP contribution in [0.4, 0.5) is 5.69 Å². The first-order valence-electron chi connectivity index (χ1n) is 7.04. The number of anilines is 1. The molecule has 1 aliphatic rings. The molecule has 2 N–H and O–H groups in total. The van der Waals surface area contributed by atoms with Crippen LogP contribution in [0.15, 0.2) is 18.5 Å². The summed E-state index contributed by atoms with van der Waals surface area (Å²) in [7, 11) is 1.82. The number of aromatic nitrogens is 1. The lowest BCUT2D eigenvalue weighted by molar-refractivity contribution is 0.0900. The van der Waals surface area contributed by atoms with Crippen molar-refractivity contribution in [2.24, 2.45) is 11.8 Å². The van der Waals surface area contributed by atoms with Crippen LogP contribution in [0.2, 0.25) is 0 Å². The number of nitrogens with one attached hydrogen (secondary N) is 2. The Bertz CT molecular complexity index is 447. The fourth-order valence-electron chi connectivity index (χ4n) is 2.92. The van der Waals surface area contributed by atoms with E-state index < -0.39 is 0 Å². The van der Waals surface area contributed by atoms with Gasteiger partial charge in [-0.25, -0.2) is 0 Å². The second kappa shape index (κ2) is 6.04. The van der Waals surface area contributed by atoms with Crippen LogP contribution in [0, 0.1) is 11.8 Å². The number of rotatable bonds is 3. The largest absolute Gasteiger partial charge is 0.387 e. The summed E-state index contributed by atoms with van der Waals surface area (Å²) in [6.45, 7) is 4.51. The van der Waals surface area contributed by atoms with Crippen molar-refractivity contribution >= 4 is 11.6 Å². The Morgan fingerprint density at radius 2 is 2.16 bits per heavy atom. The van der Waals surface area contributed by atoms with Gasteiger partial charge < -0.3 is 10.6 Å². The lowest BCUT2D eigenvalue weighted by Crippen LogP contribution is -2.42. The molecule has 1 saturated carbocycles. The number of pyridine rings is 1. The Hall–Kier alpha value is -1.58. The van der Waals surface area contributed by atoms with Gasteiger partial charge in [-0.2, -0.15) is 0 Å². The zero-order valence-electron chi connectivity index (χ0n) is 11.9. The van der Waals surface area contributed by atoms with Crippen molar-refractivity contribution in [3.05, 3.63) is 24.0 Å². The average molecular weight is 261 g/mol. The molecule has 0 spiro atoms. The van der Waals surface area contributed by atoms with Gasteiger partial charge in [-0.3, -0.25) is 9.78 Å². The van der Waals surface area contributed by atoms with Crippen LogP contribution in [-0.4, -0.2) is 24.0 Å². The van der Waals surface area contributed by atoms with Crippen molar-refractivity contribution in [3.63, 3.8) is 0 Å². The molecule has 0 aromatic carbocycles. The Morgan fingerprint density at radius 3 is 2.84 bits per heavy atom. The molecule has 104 valence electrons. The first-order valence-corrected chi connectivity index (χ1v) is 7.04. The standard InChI is InChI=1S/C15H23N3O/c1-10-4-5-13(11(2)8-10)18-15(19)12-9-17-7-6-14(12)16-3/h6-7,9-11,13H,4-5,8H2,1-3H3,(H,16,17)(H,18,19). The van der Waals surface area contributed by atoms with Gasteiger partial charge in [0.05, 0.1) is 5.56 Å². The van der Waals surface area contributed by atoms with Gasteiger partial charge in [0.15, 0.2) is 0 Å². The van der Waals surface area contributed by atoms with Crippen LogP contribution in [0.1, 0.15) is 43.5 Å². The molecule has 1 amide bonds. The predicted molar refractivity (Wildman–Crippen MR) is 77.2 cm³/mol. The van der Waals surface area contributed by atoms with Gasteiger partial charge in [0.1, 0.15) is 0 Å². The number of hydrogen-bond acceptors (Lipinski definition) is 3. The molecular formula is C15H23N3O. The molecule has 0 saturated heterocycles. The highest BCUT2D eigenvalue weighted by Crippen LogP contribution is 2.29. The summed E-state index contributed by atoms with van der Waals surface area (Å²) in [6, 6.07) is 2.11. The molecular weight excluding hydrogens is 238 g/mol. The van der Waals surface area contributed by atoms with Gasteiger partial charge in [0.2, 0.25) is 0 Å². The third-order valence-corrected chi connectivity index (χ3v) is 4.08. The summed E-state index contributed by atoms with van der Waals surface area (Å²) >= 11 is 0. The summed E-state index contributed by atoms with van der Waals surface area (Å²) in [4.78, 5) is 16.4. The van der Waals surface area contributed by atoms with Crippen molar-refractivity contribution in [2.45, 2.75) is 39.2 Å². The van der Waals surface area contributed by atoms with E-state index in [1.807, 2.05) is 13.1 Å². The van der Waals surface area contributed by atoms with Crippen LogP contribution < -0.4 is 10.6 Å². The Kier molecular flexibility index (Phi) is 4.40. The Labute approximate surface area is 115 Å². The third-order valence-electron chi connectivity index (χ3n) is 4.08. The minimum absolute atomic E-state index is 0.0242. The van der Waals surface area contributed by atoms with E-state index in [2.05, 4.69) is 29.5 Å². The molecule has 2 rings (SSSR count). The van der Waals surface area contributed by atoms with Gasteiger partial charge in [-0.1, -0.05) is 13.8 Å². The second-order valence-electron chi connectivity index (χ2n) is 5.65. The van der Waals surface area contributed by atoms with E-state index in [1.165, 1.54) is 12.8 Å². The summed E-state index contributed by atoms with van der Waals surface area (Å²) in [5.41, 5.74) is 1.44. The Balaban J connectivity index is 2.04. The highest BCUT2D eigenvalue weighted by atomic mass is 16.1. The molecule has 1 aromatic rings. The zero-order chi connectivity index (χ0) is 13.8. The summed E-state index contributed by atoms with van der Waals surface area (Å²) in [5.74, 6) is 1.29. The second-order valence-corrected chi connectivity index (χ2v) is 5.65. The molecule has 0 radical (unpaired) electrons. The van der Waals surface area contributed by atoms with Crippen LogP contribution >= 0.6 is 0 Å². The highest BCUT2D eigenvalue weighted by molar-refractivity contribution is 5.99. The molecule has 1 aromatic heterocycles. The summed E-state index contributed by atoms with van der Waals surface area (Å²) in [6.07, 6.45) is 6.77. The van der Waals surface area contributed by atoms with Crippen LogP contribution in [0.25, 0.3) is 0 Å². The number of hydrogen-bond donors (Lipinski definition) is 2. The molecule has 0 bridgehead atoms. The molecule has 4 nitrogen and oxygen atoms in total. The molecule has 4 heteroatoms. The van der Waals surface area contributed by atoms with Crippen molar-refractivity contribution in [3.8, 4) is 0 Å². The van der Waals surface area contributed by atoms with Gasteiger partial charge >= 0.3 is 0 Å². The number of carbonyl (C=O) groups excluding carboxylic acids is 1. The van der Waals surface area contributed by atoms with E-state index in [1.54, 1.807) is 12.4 Å². The van der Waals surface area contributed by atoms with E-state index >= 15 is 0 Å². The topological polar surface area (TPSA) is 54.0 Å². The third kappa shape index (κ3) is 3.25. The van der Waals surface area contributed by atoms with E-state index in [0.29, 0.717) is 11.5 Å². The molecule has 1 aliphatic carbocycles. The molecule has 0 aliphatic heterocycles. The molecule has 1 heterocycles. The average Bonchev–Trinajstić information content (AvgIpc) is 2.41. The first-order chi connectivity index (χ1) is 9.11. The fraction of sp³-hybridized carbons (Fsp3) is 0.600. The Morgan fingerprint density at radius 1 is 1.37 bits per heavy atom. The zero-order valence-corrected chi connectivity index (χ0v) is 11.9. The smallest absolute Gasteiger partial charge is 0.255 e. The minimum atomic E-state index is -0.0242. The maximum Gasteiger partial charge on any atom is 0.255 e. The van der Waals surface area contributed by atoms with Crippen molar-refractivity contribution in [2.75, 3.05) is 12.4 Å². The van der Waals surface area contributed by atoms with E-state index in [0.717, 1.165) is 18.0 Å². The van der Waals surface area contributed by atoms with Gasteiger partial charge in [0, 0.05) is 31.2 Å². The van der Waals surface area contributed by atoms with E-state index in [9.17, 15) is 4.79 Å². The van der Waals surface area contributed by atoms with Crippen molar-refractivity contribution in [1.29, 1.82) is 0 Å². The number of carbonyl (C=O) groups is 1. The van der Waals surface area contributed by atoms with Crippen molar-refractivity contribution in [1.82, 2.24) is 10.3 Å². The molecule has 1 fully saturated rings. The van der Waals surface area contributed by atoms with Crippen LogP contribution in [0.5, 0.6) is 0 Å². The van der Waals surface area contributed by atoms with E-state index in [-0.39, 0.29) is 11.9 Å².